The topological polar surface area (TPSA) is 24.9 Å². The van der Waals surface area contributed by atoms with Crippen LogP contribution in [0.15, 0.2) is 36.7 Å². The molecule has 0 saturated carbocycles. The lowest BCUT2D eigenvalue weighted by molar-refractivity contribution is 0.509. The van der Waals surface area contributed by atoms with Gasteiger partial charge in [-0.25, -0.2) is 13.2 Å². The molecule has 17 heavy (non-hydrogen) atoms. The lowest BCUT2D eigenvalue weighted by atomic mass is 10.2. The third kappa shape index (κ3) is 2.96. The van der Waals surface area contributed by atoms with Crippen LogP contribution in [0, 0.1) is 17.5 Å². The molecule has 1 N–H and O–H groups in total. The van der Waals surface area contributed by atoms with Crippen LogP contribution >= 0.6 is 0 Å². The minimum Gasteiger partial charge on any atom is -0.381 e. The number of halogens is 3. The Balaban J connectivity index is 2.05. The highest BCUT2D eigenvalue weighted by atomic mass is 19.2. The van der Waals surface area contributed by atoms with E-state index in [4.69, 9.17) is 0 Å². The zero-order chi connectivity index (χ0) is 12.3. The number of rotatable bonds is 3. The first-order valence-electron chi connectivity index (χ1n) is 4.93. The molecule has 1 aromatic heterocycles. The number of pyridine rings is 1. The fourth-order valence-corrected chi connectivity index (χ4v) is 1.36. The van der Waals surface area contributed by atoms with Gasteiger partial charge in [-0.05, 0) is 23.8 Å². The van der Waals surface area contributed by atoms with Crippen LogP contribution < -0.4 is 5.32 Å². The molecule has 0 unspecified atom stereocenters. The van der Waals surface area contributed by atoms with Gasteiger partial charge in [0.25, 0.3) is 0 Å². The molecule has 2 aromatic rings. The van der Waals surface area contributed by atoms with Gasteiger partial charge >= 0.3 is 0 Å². The zero-order valence-corrected chi connectivity index (χ0v) is 8.75. The molecule has 0 spiro atoms. The maximum atomic E-state index is 12.9. The van der Waals surface area contributed by atoms with Crippen molar-refractivity contribution in [2.75, 3.05) is 5.32 Å². The van der Waals surface area contributed by atoms with Crippen molar-refractivity contribution in [1.29, 1.82) is 0 Å². The Hall–Kier alpha value is -2.04. The summed E-state index contributed by atoms with van der Waals surface area (Å²) in [6.45, 7) is 0.288. The molecule has 0 atom stereocenters. The predicted molar refractivity (Wildman–Crippen MR) is 57.9 cm³/mol. The summed E-state index contributed by atoms with van der Waals surface area (Å²) < 4.78 is 38.3. The van der Waals surface area contributed by atoms with Crippen molar-refractivity contribution in [2.45, 2.75) is 6.54 Å². The van der Waals surface area contributed by atoms with Gasteiger partial charge in [-0.2, -0.15) is 0 Å². The standard InChI is InChI=1S/C12H9F3N2/c13-9-3-8(5-16-7-9)6-17-10-1-2-11(14)12(15)4-10/h1-5,7,17H,6H2. The van der Waals surface area contributed by atoms with E-state index in [2.05, 4.69) is 10.3 Å². The van der Waals surface area contributed by atoms with Gasteiger partial charge in [0.05, 0.1) is 6.20 Å². The minimum absolute atomic E-state index is 0.288. The highest BCUT2D eigenvalue weighted by molar-refractivity contribution is 5.43. The number of anilines is 1. The van der Waals surface area contributed by atoms with Gasteiger partial charge in [-0.3, -0.25) is 4.98 Å². The SMILES string of the molecule is Fc1cncc(CNc2ccc(F)c(F)c2)c1. The smallest absolute Gasteiger partial charge is 0.160 e. The molecule has 0 saturated heterocycles. The molecule has 2 rings (SSSR count). The van der Waals surface area contributed by atoms with Crippen LogP contribution in [0.1, 0.15) is 5.56 Å². The second-order valence-electron chi connectivity index (χ2n) is 3.49. The average Bonchev–Trinajstić information content (AvgIpc) is 2.31. The first-order chi connectivity index (χ1) is 8.15. The van der Waals surface area contributed by atoms with Crippen LogP contribution in [-0.4, -0.2) is 4.98 Å². The third-order valence-electron chi connectivity index (χ3n) is 2.18. The van der Waals surface area contributed by atoms with E-state index in [-0.39, 0.29) is 6.54 Å². The Labute approximate surface area is 96.1 Å². The first kappa shape index (κ1) is 11.4. The summed E-state index contributed by atoms with van der Waals surface area (Å²) in [5.41, 5.74) is 1.04. The number of benzene rings is 1. The van der Waals surface area contributed by atoms with E-state index in [1.54, 1.807) is 0 Å². The zero-order valence-electron chi connectivity index (χ0n) is 8.75. The summed E-state index contributed by atoms with van der Waals surface area (Å²) in [6.07, 6.45) is 2.59. The van der Waals surface area contributed by atoms with Gasteiger partial charge in [-0.1, -0.05) is 0 Å². The van der Waals surface area contributed by atoms with E-state index < -0.39 is 17.5 Å². The van der Waals surface area contributed by atoms with E-state index in [0.717, 1.165) is 18.3 Å². The van der Waals surface area contributed by atoms with Crippen molar-refractivity contribution in [1.82, 2.24) is 4.98 Å². The maximum absolute atomic E-state index is 12.9. The van der Waals surface area contributed by atoms with Gasteiger partial charge in [0.1, 0.15) is 5.82 Å². The van der Waals surface area contributed by atoms with E-state index in [0.29, 0.717) is 11.3 Å². The Bertz CT molecular complexity index is 529. The molecule has 0 aliphatic heterocycles. The largest absolute Gasteiger partial charge is 0.381 e. The molecular weight excluding hydrogens is 229 g/mol. The maximum Gasteiger partial charge on any atom is 0.160 e. The molecular formula is C12H9F3N2. The molecule has 0 amide bonds. The number of nitrogens with zero attached hydrogens (tertiary/aromatic N) is 1. The van der Waals surface area contributed by atoms with Crippen LogP contribution in [-0.2, 0) is 6.54 Å². The van der Waals surface area contributed by atoms with Gasteiger partial charge in [0.2, 0.25) is 0 Å². The van der Waals surface area contributed by atoms with Crippen LogP contribution in [0.4, 0.5) is 18.9 Å². The molecule has 0 bridgehead atoms. The van der Waals surface area contributed by atoms with E-state index in [9.17, 15) is 13.2 Å². The van der Waals surface area contributed by atoms with Crippen LogP contribution in [0.2, 0.25) is 0 Å². The summed E-state index contributed by atoms with van der Waals surface area (Å²) in [7, 11) is 0. The lowest BCUT2D eigenvalue weighted by Crippen LogP contribution is -2.01. The van der Waals surface area contributed by atoms with Crippen LogP contribution in [0.25, 0.3) is 0 Å². The number of hydrogen-bond acceptors (Lipinski definition) is 2. The predicted octanol–water partition coefficient (Wildman–Crippen LogP) is 3.11. The van der Waals surface area contributed by atoms with E-state index >= 15 is 0 Å². The van der Waals surface area contributed by atoms with Gasteiger partial charge in [0.15, 0.2) is 11.6 Å². The van der Waals surface area contributed by atoms with Crippen molar-refractivity contribution in [3.05, 3.63) is 59.7 Å². The molecule has 0 radical (unpaired) electrons. The minimum atomic E-state index is -0.924. The summed E-state index contributed by atoms with van der Waals surface area (Å²) in [5, 5.41) is 2.84. The lowest BCUT2D eigenvalue weighted by Gasteiger charge is -2.06. The second-order valence-corrected chi connectivity index (χ2v) is 3.49. The Kier molecular flexibility index (Phi) is 3.27. The molecule has 88 valence electrons. The molecule has 0 fully saturated rings. The van der Waals surface area contributed by atoms with Gasteiger partial charge in [0, 0.05) is 24.5 Å². The molecule has 0 aliphatic carbocycles. The molecule has 1 aromatic carbocycles. The fraction of sp³-hybridized carbons (Fsp3) is 0.0833. The number of hydrogen-bond donors (Lipinski definition) is 1. The molecule has 2 nitrogen and oxygen atoms in total. The summed E-state index contributed by atoms with van der Waals surface area (Å²) in [4.78, 5) is 3.68. The second kappa shape index (κ2) is 4.86. The van der Waals surface area contributed by atoms with E-state index in [1.165, 1.54) is 18.3 Å². The summed E-state index contributed by atoms with van der Waals surface area (Å²) in [5.74, 6) is -2.26. The third-order valence-corrected chi connectivity index (χ3v) is 2.18. The van der Waals surface area contributed by atoms with Gasteiger partial charge < -0.3 is 5.32 Å². The van der Waals surface area contributed by atoms with Crippen LogP contribution in [0.3, 0.4) is 0 Å². The molecule has 5 heteroatoms. The van der Waals surface area contributed by atoms with Crippen LogP contribution in [0.5, 0.6) is 0 Å². The monoisotopic (exact) mass is 238 g/mol. The fourth-order valence-electron chi connectivity index (χ4n) is 1.36. The van der Waals surface area contributed by atoms with Crippen molar-refractivity contribution in [3.63, 3.8) is 0 Å². The summed E-state index contributed by atoms with van der Waals surface area (Å²) in [6, 6.07) is 4.80. The molecule has 0 aliphatic rings. The number of nitrogens with one attached hydrogen (secondary N) is 1. The molecule has 1 heterocycles. The van der Waals surface area contributed by atoms with Crippen molar-refractivity contribution in [2.24, 2.45) is 0 Å². The van der Waals surface area contributed by atoms with Crippen molar-refractivity contribution in [3.8, 4) is 0 Å². The van der Waals surface area contributed by atoms with E-state index in [1.807, 2.05) is 0 Å². The van der Waals surface area contributed by atoms with Gasteiger partial charge in [-0.15, -0.1) is 0 Å². The average molecular weight is 238 g/mol. The van der Waals surface area contributed by atoms with Crippen molar-refractivity contribution < 1.29 is 13.2 Å². The first-order valence-corrected chi connectivity index (χ1v) is 4.93. The van der Waals surface area contributed by atoms with Crippen molar-refractivity contribution >= 4 is 5.69 Å². The normalized spacial score (nSPS) is 10.3. The Morgan fingerprint density at radius 3 is 2.53 bits per heavy atom. The number of aromatic nitrogens is 1. The highest BCUT2D eigenvalue weighted by Gasteiger charge is 2.02. The Morgan fingerprint density at radius 1 is 1.00 bits per heavy atom. The quantitative estimate of drug-likeness (QED) is 0.888. The Morgan fingerprint density at radius 2 is 1.82 bits per heavy atom. The highest BCUT2D eigenvalue weighted by Crippen LogP contribution is 2.14. The summed E-state index contributed by atoms with van der Waals surface area (Å²) >= 11 is 0.